The van der Waals surface area contributed by atoms with E-state index >= 15 is 0 Å². The fraction of sp³-hybridized carbons (Fsp3) is 0.571. The lowest BCUT2D eigenvalue weighted by Gasteiger charge is -2.41. The Kier molecular flexibility index (Phi) is 3.27. The highest BCUT2D eigenvalue weighted by Gasteiger charge is 2.41. The fourth-order valence-corrected chi connectivity index (χ4v) is 3.09. The van der Waals surface area contributed by atoms with Crippen LogP contribution in [0.1, 0.15) is 38.7 Å². The summed E-state index contributed by atoms with van der Waals surface area (Å²) in [5, 5.41) is 11.6. The molecular formula is C14H19ClO. The number of hydrogen-bond acceptors (Lipinski definition) is 1. The normalized spacial score (nSPS) is 35.0. The van der Waals surface area contributed by atoms with Gasteiger partial charge in [-0.25, -0.2) is 0 Å². The summed E-state index contributed by atoms with van der Waals surface area (Å²) in [5.41, 5.74) is 0.159. The van der Waals surface area contributed by atoms with Crippen LogP contribution in [0.5, 0.6) is 0 Å². The molecule has 3 unspecified atom stereocenters. The van der Waals surface area contributed by atoms with Crippen LogP contribution < -0.4 is 0 Å². The van der Waals surface area contributed by atoms with Crippen LogP contribution in [0.15, 0.2) is 24.3 Å². The molecule has 1 aliphatic carbocycles. The van der Waals surface area contributed by atoms with Crippen LogP contribution in [0, 0.1) is 11.8 Å². The predicted molar refractivity (Wildman–Crippen MR) is 67.5 cm³/mol. The van der Waals surface area contributed by atoms with Crippen molar-refractivity contribution in [2.24, 2.45) is 11.8 Å². The molecule has 2 heteroatoms. The summed E-state index contributed by atoms with van der Waals surface area (Å²) in [6.07, 6.45) is 3.09. The number of aliphatic hydroxyl groups is 1. The fourth-order valence-electron chi connectivity index (χ4n) is 2.80. The van der Waals surface area contributed by atoms with E-state index in [1.54, 1.807) is 0 Å². The van der Waals surface area contributed by atoms with Crippen molar-refractivity contribution >= 4 is 11.6 Å². The van der Waals surface area contributed by atoms with Gasteiger partial charge in [0, 0.05) is 10.6 Å². The molecule has 1 nitrogen and oxygen atoms in total. The molecule has 0 saturated heterocycles. The lowest BCUT2D eigenvalue weighted by Crippen LogP contribution is -2.39. The second kappa shape index (κ2) is 4.38. The highest BCUT2D eigenvalue weighted by molar-refractivity contribution is 6.31. The molecule has 0 bridgehead atoms. The largest absolute Gasteiger partial charge is 0.385 e. The van der Waals surface area contributed by atoms with Crippen molar-refractivity contribution in [3.63, 3.8) is 0 Å². The number of rotatable bonds is 1. The van der Waals surface area contributed by atoms with Gasteiger partial charge < -0.3 is 5.11 Å². The molecule has 0 aliphatic heterocycles. The summed E-state index contributed by atoms with van der Waals surface area (Å²) < 4.78 is 0. The predicted octanol–water partition coefficient (Wildman–Crippen LogP) is 3.98. The van der Waals surface area contributed by atoms with Crippen LogP contribution in [0.3, 0.4) is 0 Å². The molecule has 88 valence electrons. The number of benzene rings is 1. The zero-order valence-electron chi connectivity index (χ0n) is 9.91. The maximum atomic E-state index is 10.9. The lowest BCUT2D eigenvalue weighted by atomic mass is 9.69. The van der Waals surface area contributed by atoms with Gasteiger partial charge >= 0.3 is 0 Å². The van der Waals surface area contributed by atoms with Gasteiger partial charge in [-0.2, -0.15) is 0 Å². The molecule has 0 amide bonds. The smallest absolute Gasteiger partial charge is 0.0938 e. The summed E-state index contributed by atoms with van der Waals surface area (Å²) in [5.74, 6) is 0.848. The van der Waals surface area contributed by atoms with E-state index in [1.165, 1.54) is 6.42 Å². The first-order valence-corrected chi connectivity index (χ1v) is 6.39. The van der Waals surface area contributed by atoms with Crippen molar-refractivity contribution < 1.29 is 5.11 Å². The van der Waals surface area contributed by atoms with E-state index in [4.69, 9.17) is 11.6 Å². The maximum Gasteiger partial charge on any atom is 0.0938 e. The van der Waals surface area contributed by atoms with Crippen LogP contribution in [0.2, 0.25) is 5.02 Å². The van der Waals surface area contributed by atoms with Gasteiger partial charge in [0.25, 0.3) is 0 Å². The first-order valence-electron chi connectivity index (χ1n) is 6.01. The molecule has 0 spiro atoms. The van der Waals surface area contributed by atoms with Gasteiger partial charge in [0.05, 0.1) is 5.60 Å². The standard InChI is InChI=1S/C14H19ClO/c1-10-7-8-11(2)14(16,9-10)12-5-3-4-6-13(12)15/h3-6,10-11,16H,7-9H2,1-2H3. The zero-order chi connectivity index (χ0) is 11.8. The van der Waals surface area contributed by atoms with Crippen LogP contribution in [0.25, 0.3) is 0 Å². The third kappa shape index (κ3) is 1.99. The number of halogens is 1. The van der Waals surface area contributed by atoms with E-state index in [0.717, 1.165) is 18.4 Å². The SMILES string of the molecule is CC1CCC(C)C(O)(c2ccccc2Cl)C1. The molecule has 0 heterocycles. The molecule has 16 heavy (non-hydrogen) atoms. The van der Waals surface area contributed by atoms with Crippen LogP contribution in [-0.2, 0) is 5.60 Å². The highest BCUT2D eigenvalue weighted by atomic mass is 35.5. The molecule has 1 N–H and O–H groups in total. The van der Waals surface area contributed by atoms with E-state index in [-0.39, 0.29) is 5.92 Å². The Morgan fingerprint density at radius 1 is 1.25 bits per heavy atom. The van der Waals surface area contributed by atoms with Crippen molar-refractivity contribution in [3.8, 4) is 0 Å². The lowest BCUT2D eigenvalue weighted by molar-refractivity contribution is -0.0626. The minimum Gasteiger partial charge on any atom is -0.385 e. The number of hydrogen-bond donors (Lipinski definition) is 1. The van der Waals surface area contributed by atoms with Crippen molar-refractivity contribution in [1.29, 1.82) is 0 Å². The van der Waals surface area contributed by atoms with Crippen molar-refractivity contribution in [2.75, 3.05) is 0 Å². The average molecular weight is 239 g/mol. The van der Waals surface area contributed by atoms with Gasteiger partial charge in [-0.05, 0) is 30.7 Å². The van der Waals surface area contributed by atoms with Crippen molar-refractivity contribution in [1.82, 2.24) is 0 Å². The van der Waals surface area contributed by atoms with Gasteiger partial charge in [0.1, 0.15) is 0 Å². The van der Waals surface area contributed by atoms with Gasteiger partial charge in [-0.3, -0.25) is 0 Å². The van der Waals surface area contributed by atoms with Crippen LogP contribution >= 0.6 is 11.6 Å². The summed E-state index contributed by atoms with van der Waals surface area (Å²) in [4.78, 5) is 0. The Morgan fingerprint density at radius 2 is 1.94 bits per heavy atom. The molecular weight excluding hydrogens is 220 g/mol. The average Bonchev–Trinajstić information content (AvgIpc) is 2.24. The molecule has 0 aromatic heterocycles. The Labute approximate surface area is 102 Å². The van der Waals surface area contributed by atoms with Gasteiger partial charge in [0.2, 0.25) is 0 Å². The van der Waals surface area contributed by atoms with E-state index in [1.807, 2.05) is 24.3 Å². The quantitative estimate of drug-likeness (QED) is 0.785. The summed E-state index contributed by atoms with van der Waals surface area (Å²) in [7, 11) is 0. The minimum atomic E-state index is -0.740. The Bertz CT molecular complexity index is 377. The minimum absolute atomic E-state index is 0.281. The highest BCUT2D eigenvalue weighted by Crippen LogP contribution is 2.45. The first-order chi connectivity index (χ1) is 7.54. The second-order valence-electron chi connectivity index (χ2n) is 5.19. The second-order valence-corrected chi connectivity index (χ2v) is 5.60. The molecule has 1 fully saturated rings. The van der Waals surface area contributed by atoms with E-state index < -0.39 is 5.60 Å². The van der Waals surface area contributed by atoms with E-state index in [9.17, 15) is 5.11 Å². The molecule has 1 aromatic carbocycles. The zero-order valence-corrected chi connectivity index (χ0v) is 10.7. The third-order valence-corrected chi connectivity index (χ3v) is 4.24. The summed E-state index contributed by atoms with van der Waals surface area (Å²) >= 11 is 6.20. The Balaban J connectivity index is 2.40. The van der Waals surface area contributed by atoms with E-state index in [0.29, 0.717) is 10.9 Å². The Morgan fingerprint density at radius 3 is 2.62 bits per heavy atom. The van der Waals surface area contributed by atoms with Gasteiger partial charge in [-0.15, -0.1) is 0 Å². The molecule has 3 atom stereocenters. The molecule has 1 aromatic rings. The molecule has 2 rings (SSSR count). The van der Waals surface area contributed by atoms with E-state index in [2.05, 4.69) is 13.8 Å². The third-order valence-electron chi connectivity index (χ3n) is 3.91. The van der Waals surface area contributed by atoms with Crippen molar-refractivity contribution in [2.45, 2.75) is 38.7 Å². The molecule has 1 saturated carbocycles. The monoisotopic (exact) mass is 238 g/mol. The molecule has 0 radical (unpaired) electrons. The summed E-state index contributed by atoms with van der Waals surface area (Å²) in [6.45, 7) is 4.32. The van der Waals surface area contributed by atoms with Crippen molar-refractivity contribution in [3.05, 3.63) is 34.9 Å². The van der Waals surface area contributed by atoms with Gasteiger partial charge in [-0.1, -0.05) is 50.1 Å². The van der Waals surface area contributed by atoms with Crippen LogP contribution in [0.4, 0.5) is 0 Å². The first kappa shape index (κ1) is 11.9. The molecule has 1 aliphatic rings. The topological polar surface area (TPSA) is 20.2 Å². The Hall–Kier alpha value is -0.530. The maximum absolute atomic E-state index is 10.9. The summed E-state index contributed by atoms with van der Waals surface area (Å²) in [6, 6.07) is 7.68. The van der Waals surface area contributed by atoms with Gasteiger partial charge in [0.15, 0.2) is 0 Å². The van der Waals surface area contributed by atoms with Crippen LogP contribution in [-0.4, -0.2) is 5.11 Å².